The number of ether oxygens (including phenoxy) is 1. The highest BCUT2D eigenvalue weighted by Crippen LogP contribution is 2.54. The molecule has 6 heteroatoms. The van der Waals surface area contributed by atoms with Crippen molar-refractivity contribution in [2.45, 2.75) is 24.7 Å². The number of anilines is 2. The minimum absolute atomic E-state index is 0.147. The van der Waals surface area contributed by atoms with Gasteiger partial charge in [-0.05, 0) is 60.4 Å². The number of benzene rings is 2. The van der Waals surface area contributed by atoms with Gasteiger partial charge >= 0.3 is 0 Å². The number of halogens is 2. The Morgan fingerprint density at radius 2 is 1.58 bits per heavy atom. The van der Waals surface area contributed by atoms with Crippen molar-refractivity contribution in [1.29, 1.82) is 5.41 Å². The smallest absolute Gasteiger partial charge is 0.0923 e. The average molecular weight is 390 g/mol. The van der Waals surface area contributed by atoms with Crippen molar-refractivity contribution in [3.63, 3.8) is 0 Å². The third kappa shape index (κ3) is 2.86. The van der Waals surface area contributed by atoms with E-state index in [2.05, 4.69) is 29.2 Å². The summed E-state index contributed by atoms with van der Waals surface area (Å²) in [7, 11) is 0. The van der Waals surface area contributed by atoms with Crippen LogP contribution in [-0.4, -0.2) is 25.6 Å². The standard InChI is InChI=1S/C20H21Cl2N3O/c21-13-1-3-17-15(11-13)20(6-9-26-10-7-20)16-12-14(22)2-4-18(16)25(17)8-5-19(23)24/h1-4,11-12H,5-10H2,(H3,23,24). The van der Waals surface area contributed by atoms with Crippen molar-refractivity contribution < 1.29 is 4.74 Å². The second-order valence-electron chi connectivity index (χ2n) is 6.94. The van der Waals surface area contributed by atoms with Crippen LogP contribution in [0, 0.1) is 5.41 Å². The Morgan fingerprint density at radius 3 is 2.08 bits per heavy atom. The second kappa shape index (κ2) is 6.76. The van der Waals surface area contributed by atoms with Gasteiger partial charge < -0.3 is 15.4 Å². The van der Waals surface area contributed by atoms with E-state index in [1.807, 2.05) is 12.1 Å². The molecule has 0 radical (unpaired) electrons. The fourth-order valence-electron chi connectivity index (χ4n) is 4.26. The third-order valence-electron chi connectivity index (χ3n) is 5.48. The summed E-state index contributed by atoms with van der Waals surface area (Å²) in [6.45, 7) is 2.07. The van der Waals surface area contributed by atoms with Crippen molar-refractivity contribution in [2.75, 3.05) is 24.7 Å². The van der Waals surface area contributed by atoms with Gasteiger partial charge in [0, 0.05) is 53.0 Å². The molecule has 136 valence electrons. The van der Waals surface area contributed by atoms with Gasteiger partial charge in [-0.15, -0.1) is 0 Å². The molecule has 4 nitrogen and oxygen atoms in total. The van der Waals surface area contributed by atoms with E-state index in [4.69, 9.17) is 39.1 Å². The topological polar surface area (TPSA) is 62.3 Å². The summed E-state index contributed by atoms with van der Waals surface area (Å²) in [6.07, 6.45) is 2.29. The summed E-state index contributed by atoms with van der Waals surface area (Å²) in [6, 6.07) is 12.2. The lowest BCUT2D eigenvalue weighted by molar-refractivity contribution is 0.0629. The average Bonchev–Trinajstić information content (AvgIpc) is 2.63. The molecule has 0 atom stereocenters. The molecule has 0 amide bonds. The molecule has 1 spiro atoms. The highest BCUT2D eigenvalue weighted by atomic mass is 35.5. The van der Waals surface area contributed by atoms with Crippen molar-refractivity contribution in [2.24, 2.45) is 5.73 Å². The Hall–Kier alpha value is -1.75. The lowest BCUT2D eigenvalue weighted by atomic mass is 9.66. The number of amidine groups is 1. The van der Waals surface area contributed by atoms with E-state index in [1.54, 1.807) is 0 Å². The van der Waals surface area contributed by atoms with Crippen LogP contribution in [0.15, 0.2) is 36.4 Å². The first kappa shape index (κ1) is 17.7. The molecule has 2 aromatic rings. The van der Waals surface area contributed by atoms with Crippen LogP contribution in [-0.2, 0) is 10.2 Å². The summed E-state index contributed by atoms with van der Waals surface area (Å²) in [5.41, 5.74) is 10.2. The van der Waals surface area contributed by atoms with Gasteiger partial charge in [-0.3, -0.25) is 5.41 Å². The molecule has 4 rings (SSSR count). The van der Waals surface area contributed by atoms with E-state index in [-0.39, 0.29) is 11.3 Å². The molecule has 2 aromatic carbocycles. The SMILES string of the molecule is N=C(N)CCN1c2ccc(Cl)cc2C2(CCOCC2)c2cc(Cl)ccc21. The summed E-state index contributed by atoms with van der Waals surface area (Å²) >= 11 is 12.8. The van der Waals surface area contributed by atoms with Crippen LogP contribution in [0.3, 0.4) is 0 Å². The van der Waals surface area contributed by atoms with Crippen LogP contribution in [0.25, 0.3) is 0 Å². The number of rotatable bonds is 3. The zero-order valence-corrected chi connectivity index (χ0v) is 15.9. The molecule has 2 aliphatic rings. The maximum atomic E-state index is 7.63. The molecule has 1 fully saturated rings. The second-order valence-corrected chi connectivity index (χ2v) is 7.82. The van der Waals surface area contributed by atoms with Gasteiger partial charge in [0.2, 0.25) is 0 Å². The minimum Gasteiger partial charge on any atom is -0.388 e. The highest BCUT2D eigenvalue weighted by molar-refractivity contribution is 6.31. The molecule has 2 aliphatic heterocycles. The molecule has 0 aromatic heterocycles. The fraction of sp³-hybridized carbons (Fsp3) is 0.350. The van der Waals surface area contributed by atoms with E-state index in [1.165, 1.54) is 11.1 Å². The Bertz CT molecular complexity index is 807. The molecule has 0 unspecified atom stereocenters. The molecule has 0 bridgehead atoms. The van der Waals surface area contributed by atoms with Gasteiger partial charge in [0.15, 0.2) is 0 Å². The predicted molar refractivity (Wildman–Crippen MR) is 107 cm³/mol. The van der Waals surface area contributed by atoms with E-state index >= 15 is 0 Å². The van der Waals surface area contributed by atoms with Crippen LogP contribution >= 0.6 is 23.2 Å². The summed E-state index contributed by atoms with van der Waals surface area (Å²) in [5.74, 6) is 0.183. The van der Waals surface area contributed by atoms with Crippen molar-refractivity contribution >= 4 is 40.4 Å². The molecular weight excluding hydrogens is 369 g/mol. The van der Waals surface area contributed by atoms with E-state index < -0.39 is 0 Å². The zero-order chi connectivity index (χ0) is 18.3. The fourth-order valence-corrected chi connectivity index (χ4v) is 4.60. The lowest BCUT2D eigenvalue weighted by Gasteiger charge is -2.47. The molecular formula is C20H21Cl2N3O. The quantitative estimate of drug-likeness (QED) is 0.581. The molecule has 26 heavy (non-hydrogen) atoms. The van der Waals surface area contributed by atoms with Crippen LogP contribution in [0.5, 0.6) is 0 Å². The zero-order valence-electron chi connectivity index (χ0n) is 14.4. The maximum absolute atomic E-state index is 7.63. The molecule has 1 saturated heterocycles. The number of nitrogens with zero attached hydrogens (tertiary/aromatic N) is 1. The highest BCUT2D eigenvalue weighted by Gasteiger charge is 2.44. The largest absolute Gasteiger partial charge is 0.388 e. The number of nitrogens with one attached hydrogen (secondary N) is 1. The van der Waals surface area contributed by atoms with Gasteiger partial charge in [-0.2, -0.15) is 0 Å². The maximum Gasteiger partial charge on any atom is 0.0923 e. The first-order valence-electron chi connectivity index (χ1n) is 8.79. The van der Waals surface area contributed by atoms with Crippen LogP contribution < -0.4 is 10.6 Å². The summed E-state index contributed by atoms with van der Waals surface area (Å²) in [4.78, 5) is 2.24. The Morgan fingerprint density at radius 1 is 1.04 bits per heavy atom. The number of nitrogens with two attached hydrogens (primary N) is 1. The number of hydrogen-bond donors (Lipinski definition) is 2. The Balaban J connectivity index is 1.94. The Labute approximate surface area is 163 Å². The van der Waals surface area contributed by atoms with Gasteiger partial charge in [0.25, 0.3) is 0 Å². The Kier molecular flexibility index (Phi) is 4.59. The first-order valence-corrected chi connectivity index (χ1v) is 9.55. The van der Waals surface area contributed by atoms with Crippen LogP contribution in [0.1, 0.15) is 30.4 Å². The van der Waals surface area contributed by atoms with E-state index in [0.717, 1.165) is 34.3 Å². The van der Waals surface area contributed by atoms with Crippen molar-refractivity contribution in [3.05, 3.63) is 57.6 Å². The van der Waals surface area contributed by atoms with Gasteiger partial charge in [0.1, 0.15) is 0 Å². The van der Waals surface area contributed by atoms with E-state index in [0.29, 0.717) is 26.2 Å². The number of fused-ring (bicyclic) bond motifs is 4. The minimum atomic E-state index is -0.147. The lowest BCUT2D eigenvalue weighted by Crippen LogP contribution is -2.41. The monoisotopic (exact) mass is 389 g/mol. The van der Waals surface area contributed by atoms with E-state index in [9.17, 15) is 0 Å². The molecule has 2 heterocycles. The normalized spacial score (nSPS) is 17.7. The summed E-state index contributed by atoms with van der Waals surface area (Å²) in [5, 5.41) is 9.09. The molecule has 3 N–H and O–H groups in total. The van der Waals surface area contributed by atoms with Gasteiger partial charge in [-0.25, -0.2) is 0 Å². The van der Waals surface area contributed by atoms with Crippen molar-refractivity contribution in [1.82, 2.24) is 0 Å². The summed E-state index contributed by atoms with van der Waals surface area (Å²) < 4.78 is 5.67. The van der Waals surface area contributed by atoms with Crippen molar-refractivity contribution in [3.8, 4) is 0 Å². The third-order valence-corrected chi connectivity index (χ3v) is 5.95. The van der Waals surface area contributed by atoms with Gasteiger partial charge in [-0.1, -0.05) is 23.2 Å². The van der Waals surface area contributed by atoms with Gasteiger partial charge in [0.05, 0.1) is 5.84 Å². The number of hydrogen-bond acceptors (Lipinski definition) is 3. The molecule has 0 aliphatic carbocycles. The predicted octanol–water partition coefficient (Wildman–Crippen LogP) is 4.87. The van der Waals surface area contributed by atoms with Crippen LogP contribution in [0.4, 0.5) is 11.4 Å². The van der Waals surface area contributed by atoms with Crippen LogP contribution in [0.2, 0.25) is 10.0 Å². The first-order chi connectivity index (χ1) is 12.5. The molecule has 0 saturated carbocycles.